The van der Waals surface area contributed by atoms with Crippen molar-refractivity contribution in [2.24, 2.45) is 0 Å². The number of rotatable bonds is 5. The molecule has 1 atom stereocenters. The number of hydrogen-bond acceptors (Lipinski definition) is 4. The highest BCUT2D eigenvalue weighted by Crippen LogP contribution is 2.24. The average molecular weight is 239 g/mol. The molecule has 0 amide bonds. The van der Waals surface area contributed by atoms with Crippen LogP contribution in [0.25, 0.3) is 0 Å². The molecule has 0 bridgehead atoms. The third-order valence-corrected chi connectivity index (χ3v) is 2.98. The van der Waals surface area contributed by atoms with Crippen molar-refractivity contribution in [1.29, 1.82) is 0 Å². The van der Waals surface area contributed by atoms with E-state index < -0.39 is 5.97 Å². The minimum Gasteiger partial charge on any atom is -0.481 e. The van der Waals surface area contributed by atoms with Gasteiger partial charge in [0.2, 0.25) is 0 Å². The number of carbonyl (C=O) groups is 2. The van der Waals surface area contributed by atoms with Crippen molar-refractivity contribution in [2.75, 3.05) is 0 Å². The minimum absolute atomic E-state index is 0.0116. The van der Waals surface area contributed by atoms with Gasteiger partial charge in [0.15, 0.2) is 5.78 Å². The van der Waals surface area contributed by atoms with Crippen LogP contribution in [-0.4, -0.2) is 27.1 Å². The molecule has 1 heterocycles. The first-order chi connectivity index (χ1) is 7.49. The molecule has 0 spiro atoms. The number of aliphatic carboxylic acids is 1. The molecule has 0 saturated heterocycles. The Labute approximate surface area is 98.1 Å². The second-order valence-corrected chi connectivity index (χ2v) is 4.97. The quantitative estimate of drug-likeness (QED) is 0.630. The van der Waals surface area contributed by atoms with Gasteiger partial charge < -0.3 is 5.11 Å². The van der Waals surface area contributed by atoms with Crippen molar-refractivity contribution in [3.63, 3.8) is 0 Å². The predicted octanol–water partition coefficient (Wildman–Crippen LogP) is 2.24. The summed E-state index contributed by atoms with van der Waals surface area (Å²) in [5, 5.41) is 8.59. The largest absolute Gasteiger partial charge is 0.481 e. The van der Waals surface area contributed by atoms with Crippen molar-refractivity contribution < 1.29 is 14.7 Å². The molecule has 0 radical (unpaired) electrons. The molecule has 1 aromatic rings. The van der Waals surface area contributed by atoms with Gasteiger partial charge in [-0.25, -0.2) is 0 Å². The summed E-state index contributed by atoms with van der Waals surface area (Å²) in [6.07, 6.45) is 1.71. The van der Waals surface area contributed by atoms with Crippen LogP contribution >= 0.6 is 11.8 Å². The lowest BCUT2D eigenvalue weighted by Crippen LogP contribution is -2.05. The summed E-state index contributed by atoms with van der Waals surface area (Å²) in [7, 11) is 0. The van der Waals surface area contributed by atoms with Crippen molar-refractivity contribution in [3.8, 4) is 0 Å². The average Bonchev–Trinajstić information content (AvgIpc) is 2.16. The Balaban J connectivity index is 2.61. The first-order valence-electron chi connectivity index (χ1n) is 4.84. The standard InChI is InChI=1S/C11H13NO3S/c1-7(5-11(14)15)16-9-3-4-10(8(2)13)12-6-9/h3-4,6-7H,5H2,1-2H3,(H,14,15). The maximum Gasteiger partial charge on any atom is 0.304 e. The second-order valence-electron chi connectivity index (χ2n) is 3.46. The number of carbonyl (C=O) groups excluding carboxylic acids is 1. The highest BCUT2D eigenvalue weighted by molar-refractivity contribution is 8.00. The molecule has 1 aromatic heterocycles. The third kappa shape index (κ3) is 4.02. The molecule has 1 rings (SSSR count). The molecule has 1 N–H and O–H groups in total. The van der Waals surface area contributed by atoms with Crippen LogP contribution in [0.5, 0.6) is 0 Å². The Kier molecular flexibility index (Phi) is 4.49. The highest BCUT2D eigenvalue weighted by atomic mass is 32.2. The minimum atomic E-state index is -0.812. The Hall–Kier alpha value is -1.36. The van der Waals surface area contributed by atoms with Crippen molar-refractivity contribution >= 4 is 23.5 Å². The van der Waals surface area contributed by atoms with Crippen molar-refractivity contribution in [2.45, 2.75) is 30.4 Å². The summed E-state index contributed by atoms with van der Waals surface area (Å²) in [6, 6.07) is 3.44. The molecule has 0 aliphatic rings. The zero-order chi connectivity index (χ0) is 12.1. The molecular weight excluding hydrogens is 226 g/mol. The molecule has 4 nitrogen and oxygen atoms in total. The van der Waals surface area contributed by atoms with Crippen molar-refractivity contribution in [3.05, 3.63) is 24.0 Å². The molecule has 0 aromatic carbocycles. The lowest BCUT2D eigenvalue weighted by molar-refractivity contribution is -0.136. The van der Waals surface area contributed by atoms with Gasteiger partial charge in [-0.2, -0.15) is 0 Å². The lowest BCUT2D eigenvalue weighted by Gasteiger charge is -2.07. The van der Waals surface area contributed by atoms with Gasteiger partial charge in [0, 0.05) is 23.3 Å². The fourth-order valence-electron chi connectivity index (χ4n) is 1.18. The summed E-state index contributed by atoms with van der Waals surface area (Å²) in [5.41, 5.74) is 0.426. The van der Waals surface area contributed by atoms with E-state index >= 15 is 0 Å². The molecule has 0 aliphatic carbocycles. The predicted molar refractivity (Wildman–Crippen MR) is 61.8 cm³/mol. The Morgan fingerprint density at radius 1 is 1.50 bits per heavy atom. The van der Waals surface area contributed by atoms with E-state index in [1.807, 2.05) is 6.92 Å². The molecular formula is C11H13NO3S. The Bertz CT molecular complexity index is 389. The molecule has 0 saturated carbocycles. The molecule has 0 aliphatic heterocycles. The molecule has 86 valence electrons. The van der Waals surface area contributed by atoms with Crippen LogP contribution in [0.4, 0.5) is 0 Å². The van der Waals surface area contributed by atoms with Gasteiger partial charge in [-0.15, -0.1) is 11.8 Å². The fourth-order valence-corrected chi connectivity index (χ4v) is 2.13. The summed E-state index contributed by atoms with van der Waals surface area (Å²) in [5.74, 6) is -0.886. The Morgan fingerprint density at radius 2 is 2.19 bits per heavy atom. The number of nitrogens with zero attached hydrogens (tertiary/aromatic N) is 1. The number of carboxylic acids is 1. The first-order valence-corrected chi connectivity index (χ1v) is 5.72. The maximum atomic E-state index is 11.0. The van der Waals surface area contributed by atoms with Gasteiger partial charge in [0.05, 0.1) is 6.42 Å². The van der Waals surface area contributed by atoms with E-state index in [1.165, 1.54) is 18.7 Å². The summed E-state index contributed by atoms with van der Waals surface area (Å²) >= 11 is 1.44. The van der Waals surface area contributed by atoms with E-state index in [4.69, 9.17) is 5.11 Å². The van der Waals surface area contributed by atoms with Crippen LogP contribution in [-0.2, 0) is 4.79 Å². The number of thioether (sulfide) groups is 1. The van der Waals surface area contributed by atoms with Gasteiger partial charge in [-0.1, -0.05) is 6.92 Å². The maximum absolute atomic E-state index is 11.0. The van der Waals surface area contributed by atoms with E-state index in [0.29, 0.717) is 5.69 Å². The van der Waals surface area contributed by atoms with E-state index in [1.54, 1.807) is 18.3 Å². The van der Waals surface area contributed by atoms with Crippen LogP contribution in [0.1, 0.15) is 30.8 Å². The fraction of sp³-hybridized carbons (Fsp3) is 0.364. The molecule has 0 fully saturated rings. The number of carboxylic acid groups (broad SMARTS) is 1. The third-order valence-electron chi connectivity index (χ3n) is 1.90. The SMILES string of the molecule is CC(=O)c1ccc(SC(C)CC(=O)O)cn1. The number of pyridine rings is 1. The van der Waals surface area contributed by atoms with Crippen LogP contribution in [0.2, 0.25) is 0 Å². The zero-order valence-corrected chi connectivity index (χ0v) is 9.95. The van der Waals surface area contributed by atoms with Gasteiger partial charge in [-0.05, 0) is 12.1 Å². The highest BCUT2D eigenvalue weighted by Gasteiger charge is 2.09. The lowest BCUT2D eigenvalue weighted by atomic mass is 10.3. The first kappa shape index (κ1) is 12.7. The van der Waals surface area contributed by atoms with Crippen LogP contribution in [0, 0.1) is 0 Å². The van der Waals surface area contributed by atoms with Gasteiger partial charge in [0.25, 0.3) is 0 Å². The smallest absolute Gasteiger partial charge is 0.304 e. The van der Waals surface area contributed by atoms with Crippen LogP contribution in [0.15, 0.2) is 23.2 Å². The van der Waals surface area contributed by atoms with E-state index in [0.717, 1.165) is 4.90 Å². The summed E-state index contributed by atoms with van der Waals surface area (Å²) < 4.78 is 0. The second kappa shape index (κ2) is 5.65. The van der Waals surface area contributed by atoms with Gasteiger partial charge in [0.1, 0.15) is 5.69 Å². The van der Waals surface area contributed by atoms with Crippen LogP contribution in [0.3, 0.4) is 0 Å². The monoisotopic (exact) mass is 239 g/mol. The number of Topliss-reactive ketones (excluding diaryl/α,β-unsaturated/α-hetero) is 1. The summed E-state index contributed by atoms with van der Waals surface area (Å²) in [4.78, 5) is 26.3. The number of aromatic nitrogens is 1. The van der Waals surface area contributed by atoms with Crippen LogP contribution < -0.4 is 0 Å². The molecule has 1 unspecified atom stereocenters. The molecule has 5 heteroatoms. The van der Waals surface area contributed by atoms with E-state index in [-0.39, 0.29) is 17.5 Å². The number of hydrogen-bond donors (Lipinski definition) is 1. The van der Waals surface area contributed by atoms with Crippen molar-refractivity contribution in [1.82, 2.24) is 4.98 Å². The molecule has 16 heavy (non-hydrogen) atoms. The van der Waals surface area contributed by atoms with Gasteiger partial charge in [-0.3, -0.25) is 14.6 Å². The van der Waals surface area contributed by atoms with E-state index in [2.05, 4.69) is 4.98 Å². The van der Waals surface area contributed by atoms with E-state index in [9.17, 15) is 9.59 Å². The van der Waals surface area contributed by atoms with Gasteiger partial charge >= 0.3 is 5.97 Å². The normalized spacial score (nSPS) is 12.1. The topological polar surface area (TPSA) is 67.3 Å². The number of ketones is 1. The summed E-state index contributed by atoms with van der Waals surface area (Å²) in [6.45, 7) is 3.31. The zero-order valence-electron chi connectivity index (χ0n) is 9.14. The Morgan fingerprint density at radius 3 is 2.62 bits per heavy atom.